The predicted molar refractivity (Wildman–Crippen MR) is 223 cm³/mol. The maximum absolute atomic E-state index is 14.8. The Hall–Kier alpha value is -4.61. The summed E-state index contributed by atoms with van der Waals surface area (Å²) in [5.74, 6) is -5.98. The summed E-state index contributed by atoms with van der Waals surface area (Å²) < 4.78 is 0. The number of amides is 7. The zero-order chi connectivity index (χ0) is 45.3. The van der Waals surface area contributed by atoms with Crippen LogP contribution in [0.25, 0.3) is 0 Å². The first-order valence-electron chi connectivity index (χ1n) is 21.7. The lowest BCUT2D eigenvalue weighted by molar-refractivity contribution is -0.149. The zero-order valence-corrected chi connectivity index (χ0v) is 36.6. The van der Waals surface area contributed by atoms with E-state index in [4.69, 9.17) is 11.5 Å². The minimum atomic E-state index is -1.47. The number of nitrogens with two attached hydrogens (primary N) is 2. The van der Waals surface area contributed by atoms with Gasteiger partial charge in [-0.25, -0.2) is 4.79 Å². The van der Waals surface area contributed by atoms with E-state index in [9.17, 15) is 48.3 Å². The number of rotatable bonds is 24. The van der Waals surface area contributed by atoms with Gasteiger partial charge >= 0.3 is 5.97 Å². The Kier molecular flexibility index (Phi) is 21.7. The van der Waals surface area contributed by atoms with Gasteiger partial charge in [0, 0.05) is 31.8 Å². The standard InChI is InChI=1S/C42H72N8O10/c1-23(2)19-33(41(58)50(35-15-13-25(5)21-29(35)43)26(6)37(54)49-34(42(59)60)20-24(3)4)48-39(56)31(17-18-51)46-40(57)32(22-28-11-9-8-10-12-28)47-38(55)30(45-27(7)52)14-16-36(44)53/h18,23-26,28-35H,8-17,19-22,43H2,1-7H3,(H2,44,53)(H,45,52)(H,46,57)(H,47,55)(H,48,56)(H,49,54)(H,59,60)/t25?,26-,29+,30-,31-,32-,33-,34-,35?/m0/s1. The van der Waals surface area contributed by atoms with Gasteiger partial charge in [-0.1, -0.05) is 66.7 Å². The molecule has 0 heterocycles. The molecule has 2 aliphatic rings. The van der Waals surface area contributed by atoms with Crippen LogP contribution in [0.3, 0.4) is 0 Å². The van der Waals surface area contributed by atoms with Crippen LogP contribution in [-0.4, -0.2) is 112 Å². The van der Waals surface area contributed by atoms with Crippen molar-refractivity contribution in [2.24, 2.45) is 35.1 Å². The molecule has 0 spiro atoms. The third kappa shape index (κ3) is 17.2. The molecule has 0 aromatic carbocycles. The number of nitrogens with zero attached hydrogens (tertiary/aromatic N) is 1. The van der Waals surface area contributed by atoms with Gasteiger partial charge in [-0.3, -0.25) is 33.6 Å². The molecule has 0 bridgehead atoms. The fourth-order valence-corrected chi connectivity index (χ4v) is 8.31. The monoisotopic (exact) mass is 849 g/mol. The van der Waals surface area contributed by atoms with E-state index < -0.39 is 102 Å². The average Bonchev–Trinajstić information content (AvgIpc) is 3.15. The number of aliphatic carboxylic acids is 1. The van der Waals surface area contributed by atoms with E-state index in [0.29, 0.717) is 25.5 Å². The Morgan fingerprint density at radius 2 is 1.25 bits per heavy atom. The van der Waals surface area contributed by atoms with Crippen molar-refractivity contribution in [2.75, 3.05) is 0 Å². The summed E-state index contributed by atoms with van der Waals surface area (Å²) in [7, 11) is 0. The molecule has 18 heteroatoms. The third-order valence-corrected chi connectivity index (χ3v) is 11.4. The fraction of sp³-hybridized carbons (Fsp3) is 0.786. The number of hydrogen-bond acceptors (Lipinski definition) is 10. The van der Waals surface area contributed by atoms with Crippen molar-refractivity contribution in [1.29, 1.82) is 0 Å². The van der Waals surface area contributed by atoms with Gasteiger partial charge in [0.05, 0.1) is 0 Å². The van der Waals surface area contributed by atoms with Gasteiger partial charge in [-0.15, -0.1) is 0 Å². The highest BCUT2D eigenvalue weighted by Crippen LogP contribution is 2.30. The molecule has 2 saturated carbocycles. The fourth-order valence-electron chi connectivity index (χ4n) is 8.31. The van der Waals surface area contributed by atoms with E-state index in [1.165, 1.54) is 18.7 Å². The maximum atomic E-state index is 14.8. The van der Waals surface area contributed by atoms with Crippen LogP contribution >= 0.6 is 0 Å². The van der Waals surface area contributed by atoms with Crippen LogP contribution in [0.1, 0.15) is 138 Å². The molecule has 60 heavy (non-hydrogen) atoms. The molecular formula is C42H72N8O10. The van der Waals surface area contributed by atoms with Gasteiger partial charge in [0.2, 0.25) is 41.4 Å². The Balaban J connectivity index is 2.46. The highest BCUT2D eigenvalue weighted by atomic mass is 16.4. The Labute approximate surface area is 354 Å². The first kappa shape index (κ1) is 51.5. The van der Waals surface area contributed by atoms with Gasteiger partial charge in [-0.05, 0) is 75.5 Å². The quantitative estimate of drug-likeness (QED) is 0.0638. The third-order valence-electron chi connectivity index (χ3n) is 11.4. The molecule has 2 unspecified atom stereocenters. The van der Waals surface area contributed by atoms with Crippen LogP contribution < -0.4 is 38.1 Å². The first-order valence-corrected chi connectivity index (χ1v) is 21.7. The molecule has 18 nitrogen and oxygen atoms in total. The van der Waals surface area contributed by atoms with Crippen LogP contribution in [0.2, 0.25) is 0 Å². The van der Waals surface area contributed by atoms with Crippen molar-refractivity contribution >= 4 is 53.6 Å². The Morgan fingerprint density at radius 3 is 1.78 bits per heavy atom. The van der Waals surface area contributed by atoms with Gasteiger partial charge in [0.1, 0.15) is 42.5 Å². The number of carbonyl (C=O) groups excluding carboxylic acids is 8. The number of carboxylic acid groups (broad SMARTS) is 1. The molecule has 2 fully saturated rings. The molecule has 0 saturated heterocycles. The summed E-state index contributed by atoms with van der Waals surface area (Å²) in [6.07, 6.45) is 6.39. The maximum Gasteiger partial charge on any atom is 0.326 e. The molecule has 2 rings (SSSR count). The van der Waals surface area contributed by atoms with Crippen LogP contribution in [0.5, 0.6) is 0 Å². The molecule has 10 N–H and O–H groups in total. The smallest absolute Gasteiger partial charge is 0.326 e. The number of carbonyl (C=O) groups is 9. The highest BCUT2D eigenvalue weighted by molar-refractivity contribution is 5.97. The van der Waals surface area contributed by atoms with E-state index in [-0.39, 0.29) is 55.8 Å². The van der Waals surface area contributed by atoms with Crippen LogP contribution in [0.4, 0.5) is 0 Å². The lowest BCUT2D eigenvalue weighted by Crippen LogP contribution is -2.64. The molecule has 0 radical (unpaired) electrons. The molecular weight excluding hydrogens is 777 g/mol. The van der Waals surface area contributed by atoms with Crippen LogP contribution in [0, 0.1) is 23.7 Å². The number of hydrogen-bond donors (Lipinski definition) is 8. The summed E-state index contributed by atoms with van der Waals surface area (Å²) in [5.41, 5.74) is 11.9. The minimum Gasteiger partial charge on any atom is -0.480 e. The summed E-state index contributed by atoms with van der Waals surface area (Å²) in [6, 6.07) is -8.58. The van der Waals surface area contributed by atoms with E-state index in [1.54, 1.807) is 0 Å². The first-order chi connectivity index (χ1) is 28.1. The van der Waals surface area contributed by atoms with Crippen molar-refractivity contribution in [2.45, 2.75) is 187 Å². The van der Waals surface area contributed by atoms with Crippen molar-refractivity contribution < 1.29 is 48.3 Å². The minimum absolute atomic E-state index is 0.0501. The number of primary amides is 1. The average molecular weight is 849 g/mol. The molecule has 340 valence electrons. The number of nitrogens with one attached hydrogen (secondary N) is 5. The van der Waals surface area contributed by atoms with Gasteiger partial charge in [-0.2, -0.15) is 0 Å². The van der Waals surface area contributed by atoms with E-state index in [2.05, 4.69) is 26.6 Å². The number of aldehydes is 1. The lowest BCUT2D eigenvalue weighted by atomic mass is 9.82. The number of carboxylic acids is 1. The summed E-state index contributed by atoms with van der Waals surface area (Å²) in [4.78, 5) is 119. The second kappa shape index (κ2) is 25.2. The summed E-state index contributed by atoms with van der Waals surface area (Å²) in [6.45, 7) is 12.1. The van der Waals surface area contributed by atoms with Gasteiger partial charge in [0.25, 0.3) is 0 Å². The molecule has 2 aliphatic carbocycles. The highest BCUT2D eigenvalue weighted by Gasteiger charge is 2.42. The van der Waals surface area contributed by atoms with Crippen molar-refractivity contribution in [1.82, 2.24) is 31.5 Å². The Morgan fingerprint density at radius 1 is 0.717 bits per heavy atom. The topological polar surface area (TPSA) is 289 Å². The van der Waals surface area contributed by atoms with Crippen molar-refractivity contribution in [3.8, 4) is 0 Å². The second-order valence-corrected chi connectivity index (χ2v) is 17.8. The largest absolute Gasteiger partial charge is 0.480 e. The predicted octanol–water partition coefficient (Wildman–Crippen LogP) is 1.17. The van der Waals surface area contributed by atoms with Gasteiger partial charge in [0.15, 0.2) is 0 Å². The van der Waals surface area contributed by atoms with E-state index in [0.717, 1.165) is 32.1 Å². The summed E-state index contributed by atoms with van der Waals surface area (Å²) >= 11 is 0. The normalized spacial score (nSPS) is 21.3. The van der Waals surface area contributed by atoms with Crippen LogP contribution in [0.15, 0.2) is 0 Å². The van der Waals surface area contributed by atoms with Crippen molar-refractivity contribution in [3.05, 3.63) is 0 Å². The Bertz CT molecular complexity index is 1500. The van der Waals surface area contributed by atoms with E-state index >= 15 is 0 Å². The summed E-state index contributed by atoms with van der Waals surface area (Å²) in [5, 5.41) is 23.0. The molecule has 0 aromatic heterocycles. The second-order valence-electron chi connectivity index (χ2n) is 17.8. The molecule has 0 aromatic rings. The molecule has 9 atom stereocenters. The van der Waals surface area contributed by atoms with Crippen molar-refractivity contribution in [3.63, 3.8) is 0 Å². The lowest BCUT2D eigenvalue weighted by Gasteiger charge is -2.44. The SMILES string of the molecule is CC(=O)N[C@@H](CCC(N)=O)C(=O)N[C@@H](CC1CCCCC1)C(=O)N[C@@H](CC=O)C(=O)N[C@@H](CC(C)C)C(=O)N(C1CCC(C)C[C@H]1N)[C@@H](C)C(=O)N[C@@H](CC(C)C)C(=O)O. The zero-order valence-electron chi connectivity index (χ0n) is 36.6. The van der Waals surface area contributed by atoms with Crippen LogP contribution in [-0.2, 0) is 43.2 Å². The van der Waals surface area contributed by atoms with E-state index in [1.807, 2.05) is 34.6 Å². The molecule has 7 amide bonds. The van der Waals surface area contributed by atoms with Gasteiger partial charge < -0.3 is 52.9 Å². The molecule has 0 aliphatic heterocycles.